The lowest BCUT2D eigenvalue weighted by atomic mass is 10.1. The highest BCUT2D eigenvalue weighted by molar-refractivity contribution is 7.21. The highest BCUT2D eigenvalue weighted by Gasteiger charge is 2.28. The summed E-state index contributed by atoms with van der Waals surface area (Å²) in [5.41, 5.74) is 0.638. The molecule has 1 fully saturated rings. The Kier molecular flexibility index (Phi) is 5.10. The van der Waals surface area contributed by atoms with Crippen LogP contribution in [0.15, 0.2) is 36.0 Å². The number of fused-ring (bicyclic) bond motifs is 2. The van der Waals surface area contributed by atoms with Crippen LogP contribution in [0, 0.1) is 5.82 Å². The second-order valence-electron chi connectivity index (χ2n) is 7.07. The Morgan fingerprint density at radius 1 is 1.20 bits per heavy atom. The molecule has 154 valence electrons. The average molecular weight is 443 g/mol. The first kappa shape index (κ1) is 19.3. The largest absolute Gasteiger partial charge is 0.380 e. The van der Waals surface area contributed by atoms with Crippen molar-refractivity contribution in [1.29, 1.82) is 0 Å². The number of piperazine rings is 1. The molecule has 4 heterocycles. The van der Waals surface area contributed by atoms with Gasteiger partial charge in [0.05, 0.1) is 16.9 Å². The first-order chi connectivity index (χ1) is 14.7. The van der Waals surface area contributed by atoms with Crippen molar-refractivity contribution in [3.8, 4) is 0 Å². The molecule has 1 amide bonds. The number of aromatic nitrogens is 2. The summed E-state index contributed by atoms with van der Waals surface area (Å²) >= 11 is 2.93. The fourth-order valence-electron chi connectivity index (χ4n) is 3.92. The van der Waals surface area contributed by atoms with E-state index in [-0.39, 0.29) is 18.3 Å². The maximum Gasteiger partial charge on any atom is 0.264 e. The summed E-state index contributed by atoms with van der Waals surface area (Å²) in [4.78, 5) is 27.6. The summed E-state index contributed by atoms with van der Waals surface area (Å²) in [6, 6.07) is 6.98. The van der Waals surface area contributed by atoms with E-state index in [1.54, 1.807) is 30.8 Å². The van der Waals surface area contributed by atoms with Gasteiger partial charge in [0.15, 0.2) is 0 Å². The molecule has 0 aliphatic carbocycles. The number of rotatable bonds is 4. The lowest BCUT2D eigenvalue weighted by molar-refractivity contribution is 0.0747. The predicted molar refractivity (Wildman–Crippen MR) is 118 cm³/mol. The van der Waals surface area contributed by atoms with Gasteiger partial charge in [0, 0.05) is 48.9 Å². The Balaban J connectivity index is 1.39. The number of carbonyl (C=O) groups is 1. The summed E-state index contributed by atoms with van der Waals surface area (Å²) in [7, 11) is 1.56. The maximum atomic E-state index is 14.4. The van der Waals surface area contributed by atoms with E-state index < -0.39 is 0 Å². The highest BCUT2D eigenvalue weighted by atomic mass is 32.1. The van der Waals surface area contributed by atoms with Crippen LogP contribution >= 0.6 is 22.7 Å². The van der Waals surface area contributed by atoms with Crippen LogP contribution in [0.1, 0.15) is 15.2 Å². The van der Waals surface area contributed by atoms with Crippen molar-refractivity contribution in [1.82, 2.24) is 14.9 Å². The molecule has 9 heteroatoms. The van der Waals surface area contributed by atoms with E-state index in [9.17, 15) is 9.18 Å². The summed E-state index contributed by atoms with van der Waals surface area (Å²) in [6.45, 7) is 2.74. The molecule has 1 aliphatic heterocycles. The normalized spacial score (nSPS) is 14.7. The molecule has 1 aromatic carbocycles. The van der Waals surface area contributed by atoms with E-state index in [4.69, 9.17) is 4.74 Å². The number of ether oxygens (including phenoxy) is 1. The second-order valence-corrected chi connectivity index (χ2v) is 9.02. The van der Waals surface area contributed by atoms with Gasteiger partial charge in [-0.3, -0.25) is 4.79 Å². The average Bonchev–Trinajstić information content (AvgIpc) is 3.39. The van der Waals surface area contributed by atoms with Crippen molar-refractivity contribution in [2.45, 2.75) is 6.61 Å². The first-order valence-electron chi connectivity index (χ1n) is 9.58. The molecule has 5 rings (SSSR count). The summed E-state index contributed by atoms with van der Waals surface area (Å²) in [5.74, 6) is 0.534. The zero-order chi connectivity index (χ0) is 20.7. The van der Waals surface area contributed by atoms with Crippen molar-refractivity contribution < 1.29 is 13.9 Å². The molecule has 0 bridgehead atoms. The van der Waals surface area contributed by atoms with Gasteiger partial charge >= 0.3 is 0 Å². The topological polar surface area (TPSA) is 58.6 Å². The van der Waals surface area contributed by atoms with Crippen molar-refractivity contribution in [2.75, 3.05) is 38.2 Å². The number of carbonyl (C=O) groups excluding carboxylic acids is 1. The summed E-state index contributed by atoms with van der Waals surface area (Å²) < 4.78 is 20.5. The smallest absolute Gasteiger partial charge is 0.264 e. The Bertz CT molecular complexity index is 1230. The molecular formula is C21H19FN4O2S2. The van der Waals surface area contributed by atoms with Gasteiger partial charge in [-0.15, -0.1) is 22.7 Å². The van der Waals surface area contributed by atoms with Crippen molar-refractivity contribution >= 4 is 54.7 Å². The highest BCUT2D eigenvalue weighted by Crippen LogP contribution is 2.35. The molecule has 30 heavy (non-hydrogen) atoms. The summed E-state index contributed by atoms with van der Waals surface area (Å²) in [5, 5.41) is 3.55. The third-order valence-corrected chi connectivity index (χ3v) is 7.36. The van der Waals surface area contributed by atoms with E-state index in [2.05, 4.69) is 14.9 Å². The molecule has 0 radical (unpaired) electrons. The number of anilines is 1. The van der Waals surface area contributed by atoms with Crippen molar-refractivity contribution in [3.63, 3.8) is 0 Å². The molecule has 1 aliphatic rings. The van der Waals surface area contributed by atoms with Gasteiger partial charge in [-0.1, -0.05) is 6.07 Å². The third-order valence-electron chi connectivity index (χ3n) is 5.35. The SMILES string of the molecule is COCc1c(C(=O)N2CCN(c3ncnc4sccc34)CC2)sc2cccc(F)c12. The number of hydrogen-bond donors (Lipinski definition) is 0. The Morgan fingerprint density at radius 2 is 2.03 bits per heavy atom. The van der Waals surface area contributed by atoms with Crippen LogP contribution in [0.2, 0.25) is 0 Å². The number of hydrogen-bond acceptors (Lipinski definition) is 7. The first-order valence-corrected chi connectivity index (χ1v) is 11.3. The molecule has 0 spiro atoms. The molecule has 4 aromatic rings. The Morgan fingerprint density at radius 3 is 2.83 bits per heavy atom. The van der Waals surface area contributed by atoms with E-state index in [0.717, 1.165) is 20.7 Å². The summed E-state index contributed by atoms with van der Waals surface area (Å²) in [6.07, 6.45) is 1.59. The third kappa shape index (κ3) is 3.23. The molecule has 1 saturated heterocycles. The van der Waals surface area contributed by atoms with Gasteiger partial charge in [-0.25, -0.2) is 14.4 Å². The van der Waals surface area contributed by atoms with E-state index in [1.807, 2.05) is 22.4 Å². The lowest BCUT2D eigenvalue weighted by Gasteiger charge is -2.35. The minimum Gasteiger partial charge on any atom is -0.380 e. The zero-order valence-corrected chi connectivity index (χ0v) is 17.9. The molecule has 3 aromatic heterocycles. The molecular weight excluding hydrogens is 423 g/mol. The van der Waals surface area contributed by atoms with Crippen LogP contribution in [0.25, 0.3) is 20.3 Å². The molecule has 0 N–H and O–H groups in total. The van der Waals surface area contributed by atoms with Crippen molar-refractivity contribution in [2.24, 2.45) is 0 Å². The minimum atomic E-state index is -0.316. The van der Waals surface area contributed by atoms with E-state index >= 15 is 0 Å². The van der Waals surface area contributed by atoms with Gasteiger partial charge < -0.3 is 14.5 Å². The molecule has 0 unspecified atom stereocenters. The zero-order valence-electron chi connectivity index (χ0n) is 16.3. The Hall–Kier alpha value is -2.62. The quantitative estimate of drug-likeness (QED) is 0.475. The fourth-order valence-corrected chi connectivity index (χ4v) is 5.83. The van der Waals surface area contributed by atoms with Gasteiger partial charge in [-0.2, -0.15) is 0 Å². The maximum absolute atomic E-state index is 14.4. The van der Waals surface area contributed by atoms with Gasteiger partial charge in [-0.05, 0) is 23.6 Å². The molecule has 6 nitrogen and oxygen atoms in total. The van der Waals surface area contributed by atoms with Crippen LogP contribution in [0.5, 0.6) is 0 Å². The molecule has 0 saturated carbocycles. The van der Waals surface area contributed by atoms with Crippen molar-refractivity contribution in [3.05, 3.63) is 52.2 Å². The van der Waals surface area contributed by atoms with Gasteiger partial charge in [0.2, 0.25) is 0 Å². The van der Waals surface area contributed by atoms with Crippen LogP contribution in [0.4, 0.5) is 10.2 Å². The monoisotopic (exact) mass is 442 g/mol. The Labute approximate surface area is 180 Å². The van der Waals surface area contributed by atoms with E-state index in [1.165, 1.54) is 17.4 Å². The van der Waals surface area contributed by atoms with Crippen LogP contribution < -0.4 is 4.90 Å². The fraction of sp³-hybridized carbons (Fsp3) is 0.286. The van der Waals surface area contributed by atoms with Crippen LogP contribution in [-0.4, -0.2) is 54.1 Å². The lowest BCUT2D eigenvalue weighted by Crippen LogP contribution is -2.49. The number of thiophene rings is 2. The number of methoxy groups -OCH3 is 1. The van der Waals surface area contributed by atoms with Gasteiger partial charge in [0.1, 0.15) is 22.8 Å². The second kappa shape index (κ2) is 7.90. The van der Waals surface area contributed by atoms with Gasteiger partial charge in [0.25, 0.3) is 5.91 Å². The van der Waals surface area contributed by atoms with Crippen LogP contribution in [0.3, 0.4) is 0 Å². The van der Waals surface area contributed by atoms with E-state index in [0.29, 0.717) is 42.0 Å². The minimum absolute atomic E-state index is 0.0642. The standard InChI is InChI=1S/C21H19FN4O2S2/c1-28-11-14-17-15(22)3-2-4-16(17)30-18(14)21(27)26-8-6-25(7-9-26)19-13-5-10-29-20(13)24-12-23-19/h2-5,10,12H,6-9,11H2,1H3. The van der Waals surface area contributed by atoms with Crippen LogP contribution in [-0.2, 0) is 11.3 Å². The number of nitrogens with zero attached hydrogens (tertiary/aromatic N) is 4. The number of halogens is 1. The predicted octanol–water partition coefficient (Wildman–Crippen LogP) is 4.15. The number of amides is 1. The molecule has 0 atom stereocenters. The number of benzene rings is 1.